The number of carbonyl (C=O) groups excluding carboxylic acids is 1. The monoisotopic (exact) mass is 507 g/mol. The van der Waals surface area contributed by atoms with Gasteiger partial charge in [-0.2, -0.15) is 13.2 Å². The number of likely N-dealkylation sites (tertiary alicyclic amines) is 1. The van der Waals surface area contributed by atoms with Gasteiger partial charge in [0, 0.05) is 37.4 Å². The minimum atomic E-state index is -4.50. The van der Waals surface area contributed by atoms with Gasteiger partial charge in [-0.3, -0.25) is 9.69 Å². The number of rotatable bonds is 6. The number of hydrogen-bond donors (Lipinski definition) is 3. The van der Waals surface area contributed by atoms with Crippen LogP contribution < -0.4 is 10.6 Å². The number of alkyl halides is 3. The Morgan fingerprint density at radius 2 is 2.03 bits per heavy atom. The van der Waals surface area contributed by atoms with Crippen molar-refractivity contribution in [3.63, 3.8) is 0 Å². The van der Waals surface area contributed by atoms with Crippen LogP contribution in [-0.4, -0.2) is 62.6 Å². The summed E-state index contributed by atoms with van der Waals surface area (Å²) >= 11 is 1.42. The van der Waals surface area contributed by atoms with Crippen molar-refractivity contribution in [3.8, 4) is 0 Å². The molecule has 2 aromatic heterocycles. The zero-order valence-corrected chi connectivity index (χ0v) is 19.5. The molecule has 2 aliphatic rings. The van der Waals surface area contributed by atoms with Crippen LogP contribution in [-0.2, 0) is 16.6 Å². The van der Waals surface area contributed by atoms with Gasteiger partial charge in [-0.05, 0) is 43.9 Å². The molecule has 186 valence electrons. The quantitative estimate of drug-likeness (QED) is 0.471. The second-order valence-electron chi connectivity index (χ2n) is 8.91. The number of nitrogens with zero attached hydrogens (tertiary/aromatic N) is 4. The van der Waals surface area contributed by atoms with Gasteiger partial charge in [0.25, 0.3) is 0 Å². The molecule has 0 radical (unpaired) electrons. The molecule has 0 atom stereocenters. The maximum atomic E-state index is 13.1. The summed E-state index contributed by atoms with van der Waals surface area (Å²) in [4.78, 5) is 26.7. The van der Waals surface area contributed by atoms with E-state index in [1.165, 1.54) is 23.7 Å². The van der Waals surface area contributed by atoms with Crippen molar-refractivity contribution in [3.05, 3.63) is 46.7 Å². The van der Waals surface area contributed by atoms with Gasteiger partial charge in [-0.25, -0.2) is 15.0 Å². The lowest BCUT2D eigenvalue weighted by Crippen LogP contribution is -2.63. The van der Waals surface area contributed by atoms with Crippen LogP contribution in [0.3, 0.4) is 0 Å². The fraction of sp³-hybridized carbons (Fsp3) is 0.478. The van der Waals surface area contributed by atoms with Gasteiger partial charge in [0.05, 0.1) is 23.7 Å². The molecule has 1 aliphatic carbocycles. The number of thiazole rings is 1. The number of amides is 1. The van der Waals surface area contributed by atoms with Crippen LogP contribution in [0.15, 0.2) is 36.1 Å². The Morgan fingerprint density at radius 3 is 2.71 bits per heavy atom. The Morgan fingerprint density at radius 1 is 1.26 bits per heavy atom. The van der Waals surface area contributed by atoms with E-state index in [9.17, 15) is 23.1 Å². The lowest BCUT2D eigenvalue weighted by Gasteiger charge is -2.47. The fourth-order valence-electron chi connectivity index (χ4n) is 4.58. The highest BCUT2D eigenvalue weighted by Crippen LogP contribution is 2.40. The average Bonchev–Trinajstić information content (AvgIpc) is 3.37. The minimum Gasteiger partial charge on any atom is -0.383 e. The highest BCUT2D eigenvalue weighted by Gasteiger charge is 2.41. The van der Waals surface area contributed by atoms with Crippen LogP contribution in [0.4, 0.5) is 19.0 Å². The number of nitrogens with one attached hydrogen (secondary N) is 2. The van der Waals surface area contributed by atoms with Gasteiger partial charge < -0.3 is 15.7 Å². The lowest BCUT2D eigenvalue weighted by molar-refractivity contribution is -0.137. The fourth-order valence-corrected chi connectivity index (χ4v) is 5.38. The van der Waals surface area contributed by atoms with Crippen molar-refractivity contribution < 1.29 is 24.4 Å². The number of anilines is 1. The van der Waals surface area contributed by atoms with E-state index >= 15 is 0 Å². The van der Waals surface area contributed by atoms with Crippen molar-refractivity contribution in [1.29, 1.82) is 0 Å². The standard InChI is InChI=1S/C23H25F3N6O2S/c24-23(25,26)14-1-2-18-17(9-14)20(30-13-29-18)28-10-19(33)31-15-11-32(12-15)16-3-5-22(34,6-4-16)21-27-7-8-35-21/h1-2,7-9,13,15-16,34H,3-6,10-12H2,(H,31,33)(H,28,29,30)/t16-,22+/i16D. The van der Waals surface area contributed by atoms with E-state index in [1.54, 1.807) is 6.20 Å². The first-order valence-corrected chi connectivity index (χ1v) is 12.2. The van der Waals surface area contributed by atoms with E-state index < -0.39 is 23.4 Å². The zero-order valence-electron chi connectivity index (χ0n) is 19.7. The molecule has 0 bridgehead atoms. The molecule has 0 spiro atoms. The van der Waals surface area contributed by atoms with Crippen molar-refractivity contribution in [1.82, 2.24) is 25.2 Å². The molecule has 1 aliphatic heterocycles. The molecule has 12 heteroatoms. The highest BCUT2D eigenvalue weighted by atomic mass is 32.1. The number of halogens is 3. The highest BCUT2D eigenvalue weighted by molar-refractivity contribution is 7.09. The van der Waals surface area contributed by atoms with Crippen LogP contribution in [0.2, 0.25) is 0 Å². The van der Waals surface area contributed by atoms with E-state index in [1.807, 2.05) is 10.3 Å². The zero-order chi connectivity index (χ0) is 25.6. The maximum Gasteiger partial charge on any atom is 0.416 e. The molecule has 8 nitrogen and oxygen atoms in total. The third kappa shape index (κ3) is 5.09. The number of hydrogen-bond acceptors (Lipinski definition) is 8. The van der Waals surface area contributed by atoms with E-state index in [4.69, 9.17) is 1.37 Å². The molecule has 1 saturated carbocycles. The number of carbonyl (C=O) groups is 1. The van der Waals surface area contributed by atoms with Crippen LogP contribution in [0.1, 0.15) is 37.6 Å². The predicted octanol–water partition coefficient (Wildman–Crippen LogP) is 3.15. The first-order chi connectivity index (χ1) is 17.1. The first kappa shape index (κ1) is 22.6. The summed E-state index contributed by atoms with van der Waals surface area (Å²) in [6, 6.07) is 2.28. The summed E-state index contributed by atoms with van der Waals surface area (Å²) in [5.74, 6) is -0.171. The number of fused-ring (bicyclic) bond motifs is 1. The summed E-state index contributed by atoms with van der Waals surface area (Å²) in [7, 11) is 0. The molecule has 3 aromatic rings. The molecule has 1 amide bonds. The molecule has 2 fully saturated rings. The smallest absolute Gasteiger partial charge is 0.383 e. The number of benzene rings is 1. The molecule has 0 unspecified atom stereocenters. The van der Waals surface area contributed by atoms with Crippen molar-refractivity contribution in [2.24, 2.45) is 0 Å². The van der Waals surface area contributed by atoms with Crippen molar-refractivity contribution >= 4 is 34.0 Å². The molecule has 3 heterocycles. The maximum absolute atomic E-state index is 13.1. The van der Waals surface area contributed by atoms with Gasteiger partial charge in [0.1, 0.15) is 22.8 Å². The van der Waals surface area contributed by atoms with Crippen molar-refractivity contribution in [2.45, 2.75) is 49.5 Å². The Bertz CT molecular complexity index is 1240. The van der Waals surface area contributed by atoms with Gasteiger partial charge in [0.2, 0.25) is 5.91 Å². The summed E-state index contributed by atoms with van der Waals surface area (Å²) in [6.07, 6.45) is 0.340. The number of aromatic nitrogens is 3. The van der Waals surface area contributed by atoms with Crippen molar-refractivity contribution in [2.75, 3.05) is 25.0 Å². The van der Waals surface area contributed by atoms with Crippen LogP contribution in [0.25, 0.3) is 10.9 Å². The Labute approximate surface area is 205 Å². The third-order valence-electron chi connectivity index (χ3n) is 6.56. The topological polar surface area (TPSA) is 103 Å². The van der Waals surface area contributed by atoms with E-state index in [-0.39, 0.29) is 29.7 Å². The Hall–Kier alpha value is -2.83. The summed E-state index contributed by atoms with van der Waals surface area (Å²) in [6.45, 7) is 0.887. The second-order valence-corrected chi connectivity index (χ2v) is 9.80. The van der Waals surface area contributed by atoms with Crippen LogP contribution in [0, 0.1) is 0 Å². The van der Waals surface area contributed by atoms with E-state index in [0.29, 0.717) is 49.3 Å². The second kappa shape index (κ2) is 9.32. The molecule has 5 rings (SSSR count). The summed E-state index contributed by atoms with van der Waals surface area (Å²) in [5.41, 5.74) is -1.45. The molecular weight excluding hydrogens is 481 g/mol. The summed E-state index contributed by atoms with van der Waals surface area (Å²) < 4.78 is 48.1. The molecule has 1 aromatic carbocycles. The largest absolute Gasteiger partial charge is 0.416 e. The lowest BCUT2D eigenvalue weighted by atomic mass is 9.81. The molecule has 1 saturated heterocycles. The van der Waals surface area contributed by atoms with Gasteiger partial charge in [-0.1, -0.05) is 0 Å². The minimum absolute atomic E-state index is 0.125. The predicted molar refractivity (Wildman–Crippen MR) is 125 cm³/mol. The van der Waals surface area contributed by atoms with Crippen LogP contribution in [0.5, 0.6) is 0 Å². The SMILES string of the molecule is [2H][C@]1(N2CC(NC(=O)CNc3ncnc4ccc(C(F)(F)F)cc34)C2)CC[C@](O)(c2nccs2)CC1. The van der Waals surface area contributed by atoms with Gasteiger partial charge in [-0.15, -0.1) is 11.3 Å². The molecule has 35 heavy (non-hydrogen) atoms. The summed E-state index contributed by atoms with van der Waals surface area (Å²) in [5, 5.41) is 19.3. The van der Waals surface area contributed by atoms with Gasteiger partial charge >= 0.3 is 6.18 Å². The van der Waals surface area contributed by atoms with Gasteiger partial charge in [0.15, 0.2) is 0 Å². The Balaban J connectivity index is 1.12. The van der Waals surface area contributed by atoms with Crippen LogP contribution >= 0.6 is 11.3 Å². The average molecular weight is 508 g/mol. The molecule has 3 N–H and O–H groups in total. The van der Waals surface area contributed by atoms with E-state index in [2.05, 4.69) is 25.6 Å². The molecular formula is C23H25F3N6O2S. The Kier molecular flexibility index (Phi) is 6.02. The first-order valence-electron chi connectivity index (χ1n) is 11.8. The number of aliphatic hydroxyl groups is 1. The van der Waals surface area contributed by atoms with E-state index in [0.717, 1.165) is 12.1 Å². The third-order valence-corrected chi connectivity index (χ3v) is 7.52. The normalized spacial score (nSPS) is 26.2.